The number of piperazine rings is 1. The van der Waals surface area contributed by atoms with E-state index in [1.165, 1.54) is 18.7 Å². The molecule has 0 amide bonds. The molecule has 1 aromatic rings. The Morgan fingerprint density at radius 1 is 1.47 bits per heavy atom. The number of hydrogen-bond acceptors (Lipinski definition) is 3. The number of H-pyrrole nitrogens is 1. The summed E-state index contributed by atoms with van der Waals surface area (Å²) >= 11 is 0. The van der Waals surface area contributed by atoms with Gasteiger partial charge in [0.2, 0.25) is 0 Å². The first kappa shape index (κ1) is 14.6. The van der Waals surface area contributed by atoms with E-state index in [1.54, 1.807) is 0 Å². The van der Waals surface area contributed by atoms with E-state index in [9.17, 15) is 0 Å². The summed E-state index contributed by atoms with van der Waals surface area (Å²) in [4.78, 5) is 5.78. The quantitative estimate of drug-likeness (QED) is 0.676. The molecule has 0 saturated carbocycles. The van der Waals surface area contributed by atoms with E-state index < -0.39 is 0 Å². The zero-order valence-corrected chi connectivity index (χ0v) is 12.5. The van der Waals surface area contributed by atoms with Crippen molar-refractivity contribution in [2.75, 3.05) is 39.8 Å². The second-order valence-corrected chi connectivity index (χ2v) is 6.27. The molecule has 19 heavy (non-hydrogen) atoms. The molecule has 0 spiro atoms. The number of nitrogens with one attached hydrogen (secondary N) is 3. The van der Waals surface area contributed by atoms with Gasteiger partial charge in [0.1, 0.15) is 0 Å². The Labute approximate surface area is 117 Å². The molecule has 1 saturated heterocycles. The predicted octanol–water partition coefficient (Wildman–Crippen LogP) is 1.18. The van der Waals surface area contributed by atoms with Crippen LogP contribution < -0.4 is 10.6 Å². The fraction of sp³-hybridized carbons (Fsp3) is 0.733. The van der Waals surface area contributed by atoms with Gasteiger partial charge in [-0.1, -0.05) is 13.8 Å². The third-order valence-corrected chi connectivity index (χ3v) is 4.19. The average Bonchev–Trinajstić information content (AvgIpc) is 2.91. The van der Waals surface area contributed by atoms with E-state index in [2.05, 4.69) is 53.5 Å². The molecule has 108 valence electrons. The topological polar surface area (TPSA) is 43.1 Å². The summed E-state index contributed by atoms with van der Waals surface area (Å²) in [6.07, 6.45) is 3.21. The largest absolute Gasteiger partial charge is 0.365 e. The third-order valence-electron chi connectivity index (χ3n) is 4.19. The van der Waals surface area contributed by atoms with Crippen LogP contribution in [0.5, 0.6) is 0 Å². The first-order chi connectivity index (χ1) is 9.09. The molecule has 0 radical (unpaired) electrons. The SMILES string of the molecule is CN1CCNCC1CCNCC(C)(C)c1ccc[nH]1. The van der Waals surface area contributed by atoms with Gasteiger partial charge in [0.05, 0.1) is 0 Å². The summed E-state index contributed by atoms with van der Waals surface area (Å²) in [6.45, 7) is 10.1. The van der Waals surface area contributed by atoms with Crippen LogP contribution in [0.2, 0.25) is 0 Å². The lowest BCUT2D eigenvalue weighted by molar-refractivity contribution is 0.189. The molecular weight excluding hydrogens is 236 g/mol. The Morgan fingerprint density at radius 3 is 3.00 bits per heavy atom. The number of aromatic nitrogens is 1. The zero-order chi connectivity index (χ0) is 13.7. The van der Waals surface area contributed by atoms with E-state index >= 15 is 0 Å². The van der Waals surface area contributed by atoms with Gasteiger partial charge < -0.3 is 20.5 Å². The molecular formula is C15H28N4. The Kier molecular flexibility index (Phi) is 5.02. The van der Waals surface area contributed by atoms with Gasteiger partial charge in [-0.3, -0.25) is 0 Å². The molecule has 2 heterocycles. The Morgan fingerprint density at radius 2 is 2.32 bits per heavy atom. The van der Waals surface area contributed by atoms with Crippen molar-refractivity contribution in [1.82, 2.24) is 20.5 Å². The molecule has 3 N–H and O–H groups in total. The summed E-state index contributed by atoms with van der Waals surface area (Å²) in [6, 6.07) is 4.91. The van der Waals surface area contributed by atoms with Gasteiger partial charge in [-0.2, -0.15) is 0 Å². The normalized spacial score (nSPS) is 21.7. The lowest BCUT2D eigenvalue weighted by Gasteiger charge is -2.33. The highest BCUT2D eigenvalue weighted by atomic mass is 15.2. The van der Waals surface area contributed by atoms with E-state index in [4.69, 9.17) is 0 Å². The van der Waals surface area contributed by atoms with Crippen LogP contribution in [0.15, 0.2) is 18.3 Å². The molecule has 1 aliphatic rings. The van der Waals surface area contributed by atoms with Gasteiger partial charge in [-0.25, -0.2) is 0 Å². The average molecular weight is 264 g/mol. The monoisotopic (exact) mass is 264 g/mol. The number of aromatic amines is 1. The van der Waals surface area contributed by atoms with Crippen molar-refractivity contribution in [3.8, 4) is 0 Å². The summed E-state index contributed by atoms with van der Waals surface area (Å²) in [7, 11) is 2.23. The maximum absolute atomic E-state index is 3.61. The fourth-order valence-corrected chi connectivity index (χ4v) is 2.70. The summed E-state index contributed by atoms with van der Waals surface area (Å²) in [5, 5.41) is 7.08. The first-order valence-corrected chi connectivity index (χ1v) is 7.35. The van der Waals surface area contributed by atoms with Crippen molar-refractivity contribution in [3.63, 3.8) is 0 Å². The zero-order valence-electron chi connectivity index (χ0n) is 12.5. The van der Waals surface area contributed by atoms with Gasteiger partial charge in [0.15, 0.2) is 0 Å². The third kappa shape index (κ3) is 4.06. The second-order valence-electron chi connectivity index (χ2n) is 6.27. The van der Waals surface area contributed by atoms with Gasteiger partial charge in [-0.05, 0) is 32.1 Å². The molecule has 1 fully saturated rings. The molecule has 4 heteroatoms. The highest BCUT2D eigenvalue weighted by Crippen LogP contribution is 2.19. The van der Waals surface area contributed by atoms with E-state index in [0.717, 1.165) is 26.2 Å². The number of hydrogen-bond donors (Lipinski definition) is 3. The van der Waals surface area contributed by atoms with Crippen LogP contribution in [0.1, 0.15) is 26.0 Å². The van der Waals surface area contributed by atoms with Gasteiger partial charge >= 0.3 is 0 Å². The van der Waals surface area contributed by atoms with Crippen LogP contribution in [-0.4, -0.2) is 55.7 Å². The van der Waals surface area contributed by atoms with Crippen molar-refractivity contribution < 1.29 is 0 Å². The van der Waals surface area contributed by atoms with Crippen molar-refractivity contribution in [2.45, 2.75) is 31.7 Å². The summed E-state index contributed by atoms with van der Waals surface area (Å²) in [5.74, 6) is 0. The summed E-state index contributed by atoms with van der Waals surface area (Å²) < 4.78 is 0. The van der Waals surface area contributed by atoms with E-state index in [0.29, 0.717) is 6.04 Å². The van der Waals surface area contributed by atoms with Crippen LogP contribution >= 0.6 is 0 Å². The minimum absolute atomic E-state index is 0.167. The Bertz CT molecular complexity index is 358. The maximum atomic E-state index is 3.61. The van der Waals surface area contributed by atoms with Crippen molar-refractivity contribution >= 4 is 0 Å². The van der Waals surface area contributed by atoms with Gasteiger partial charge in [0.25, 0.3) is 0 Å². The molecule has 1 aliphatic heterocycles. The summed E-state index contributed by atoms with van der Waals surface area (Å²) in [5.41, 5.74) is 1.47. The van der Waals surface area contributed by atoms with Crippen LogP contribution in [0, 0.1) is 0 Å². The van der Waals surface area contributed by atoms with Gasteiger partial charge in [0, 0.05) is 49.5 Å². The van der Waals surface area contributed by atoms with E-state index in [-0.39, 0.29) is 5.41 Å². The second kappa shape index (κ2) is 6.55. The smallest absolute Gasteiger partial charge is 0.0230 e. The molecule has 4 nitrogen and oxygen atoms in total. The van der Waals surface area contributed by atoms with Gasteiger partial charge in [-0.15, -0.1) is 0 Å². The molecule has 0 aromatic carbocycles. The minimum Gasteiger partial charge on any atom is -0.365 e. The molecule has 0 aliphatic carbocycles. The lowest BCUT2D eigenvalue weighted by atomic mass is 9.89. The number of likely N-dealkylation sites (N-methyl/N-ethyl adjacent to an activating group) is 1. The lowest BCUT2D eigenvalue weighted by Crippen LogP contribution is -2.50. The highest BCUT2D eigenvalue weighted by Gasteiger charge is 2.22. The molecule has 0 bridgehead atoms. The number of nitrogens with zero attached hydrogens (tertiary/aromatic N) is 1. The maximum Gasteiger partial charge on any atom is 0.0230 e. The molecule has 1 aromatic heterocycles. The van der Waals surface area contributed by atoms with Crippen molar-refractivity contribution in [1.29, 1.82) is 0 Å². The number of rotatable bonds is 6. The van der Waals surface area contributed by atoms with Crippen LogP contribution in [0.4, 0.5) is 0 Å². The van der Waals surface area contributed by atoms with Crippen molar-refractivity contribution in [3.05, 3.63) is 24.0 Å². The van der Waals surface area contributed by atoms with Crippen LogP contribution in [0.3, 0.4) is 0 Å². The first-order valence-electron chi connectivity index (χ1n) is 7.35. The fourth-order valence-electron chi connectivity index (χ4n) is 2.70. The van der Waals surface area contributed by atoms with Crippen LogP contribution in [0.25, 0.3) is 0 Å². The Balaban J connectivity index is 1.69. The van der Waals surface area contributed by atoms with E-state index in [1.807, 2.05) is 6.20 Å². The predicted molar refractivity (Wildman–Crippen MR) is 80.6 cm³/mol. The Hall–Kier alpha value is -0.840. The van der Waals surface area contributed by atoms with Crippen LogP contribution in [-0.2, 0) is 5.41 Å². The molecule has 1 atom stereocenters. The standard InChI is InChI=1S/C15H28N4/c1-15(2,14-5-4-7-18-14)12-17-8-6-13-11-16-9-10-19(13)3/h4-5,7,13,16-18H,6,8-12H2,1-3H3. The van der Waals surface area contributed by atoms with Crippen molar-refractivity contribution in [2.24, 2.45) is 0 Å². The minimum atomic E-state index is 0.167. The highest BCUT2D eigenvalue weighted by molar-refractivity contribution is 5.15. The molecule has 1 unspecified atom stereocenters. The molecule has 2 rings (SSSR count).